The van der Waals surface area contributed by atoms with E-state index in [0.29, 0.717) is 23.4 Å². The van der Waals surface area contributed by atoms with Gasteiger partial charge in [0.2, 0.25) is 0 Å². The maximum Gasteiger partial charge on any atom is 0.185 e. The number of aliphatic hydroxyl groups excluding tert-OH is 1. The summed E-state index contributed by atoms with van der Waals surface area (Å²) in [7, 11) is -2.23. The molecule has 0 radical (unpaired) electrons. The first kappa shape index (κ1) is 22.0. The SMILES string of the molecule is CO[C@H](C)C(=O)Cc1ccc2c(c1)C(S(=O)(=O)c1cccc(Cl)c1)C[C@H](CO)C2. The molecule has 29 heavy (non-hydrogen) atoms. The highest BCUT2D eigenvalue weighted by atomic mass is 35.5. The Hall–Kier alpha value is -1.73. The lowest BCUT2D eigenvalue weighted by Gasteiger charge is -2.31. The maximum atomic E-state index is 13.4. The summed E-state index contributed by atoms with van der Waals surface area (Å²) in [5, 5.41) is 9.26. The van der Waals surface area contributed by atoms with Crippen LogP contribution < -0.4 is 0 Å². The van der Waals surface area contributed by atoms with Crippen molar-refractivity contribution in [2.75, 3.05) is 13.7 Å². The number of benzene rings is 2. The van der Waals surface area contributed by atoms with Gasteiger partial charge in [-0.1, -0.05) is 35.9 Å². The Morgan fingerprint density at radius 3 is 2.69 bits per heavy atom. The Kier molecular flexibility index (Phi) is 6.79. The van der Waals surface area contributed by atoms with Gasteiger partial charge in [-0.05, 0) is 60.6 Å². The van der Waals surface area contributed by atoms with E-state index in [4.69, 9.17) is 16.3 Å². The molecule has 0 saturated carbocycles. The molecule has 2 aromatic carbocycles. The quantitative estimate of drug-likeness (QED) is 0.717. The standard InChI is InChI=1S/C22H25ClO5S/c1-14(28-2)21(25)10-15-6-7-17-8-16(13-24)11-22(20(17)9-15)29(26,27)19-5-3-4-18(23)12-19/h3-7,9,12,14,16,22,24H,8,10-11,13H2,1-2H3/t14-,16-,22?/m1/s1. The van der Waals surface area contributed by atoms with Crippen molar-refractivity contribution in [1.29, 1.82) is 0 Å². The van der Waals surface area contributed by atoms with Crippen molar-refractivity contribution in [3.63, 3.8) is 0 Å². The van der Waals surface area contributed by atoms with Gasteiger partial charge in [-0.15, -0.1) is 0 Å². The second kappa shape index (κ2) is 8.96. The fraction of sp³-hybridized carbons (Fsp3) is 0.409. The summed E-state index contributed by atoms with van der Waals surface area (Å²) < 4.78 is 31.9. The van der Waals surface area contributed by atoms with Crippen LogP contribution >= 0.6 is 11.6 Å². The summed E-state index contributed by atoms with van der Waals surface area (Å²) in [5.74, 6) is -0.201. The molecule has 0 fully saturated rings. The molecule has 0 bridgehead atoms. The van der Waals surface area contributed by atoms with E-state index >= 15 is 0 Å². The zero-order valence-corrected chi connectivity index (χ0v) is 18.0. The first-order valence-electron chi connectivity index (χ1n) is 9.53. The molecule has 0 aliphatic heterocycles. The molecule has 1 aliphatic rings. The summed E-state index contributed by atoms with van der Waals surface area (Å²) in [6.45, 7) is 1.62. The number of carbonyl (C=O) groups is 1. The van der Waals surface area contributed by atoms with E-state index < -0.39 is 21.2 Å². The second-order valence-electron chi connectivity index (χ2n) is 7.53. The van der Waals surface area contributed by atoms with Crippen molar-refractivity contribution >= 4 is 27.2 Å². The monoisotopic (exact) mass is 436 g/mol. The molecule has 0 amide bonds. The number of aliphatic hydroxyl groups is 1. The maximum absolute atomic E-state index is 13.4. The largest absolute Gasteiger partial charge is 0.396 e. The summed E-state index contributed by atoms with van der Waals surface area (Å²) >= 11 is 6.02. The molecule has 1 N–H and O–H groups in total. The summed E-state index contributed by atoms with van der Waals surface area (Å²) in [6.07, 6.45) is 0.589. The molecular formula is C22H25ClO5S. The number of fused-ring (bicyclic) bond motifs is 1. The van der Waals surface area contributed by atoms with E-state index in [1.54, 1.807) is 19.1 Å². The number of methoxy groups -OCH3 is 1. The fourth-order valence-corrected chi connectivity index (χ4v) is 6.00. The van der Waals surface area contributed by atoms with Crippen LogP contribution in [0.3, 0.4) is 0 Å². The summed E-state index contributed by atoms with van der Waals surface area (Å²) in [6, 6.07) is 11.8. The Balaban J connectivity index is 2.03. The van der Waals surface area contributed by atoms with Gasteiger partial charge in [0.15, 0.2) is 15.6 Å². The zero-order chi connectivity index (χ0) is 21.2. The van der Waals surface area contributed by atoms with Crippen molar-refractivity contribution in [2.45, 2.75) is 42.4 Å². The predicted molar refractivity (Wildman–Crippen MR) is 112 cm³/mol. The van der Waals surface area contributed by atoms with Crippen LogP contribution in [0, 0.1) is 5.92 Å². The number of hydrogen-bond acceptors (Lipinski definition) is 5. The van der Waals surface area contributed by atoms with Crippen molar-refractivity contribution in [2.24, 2.45) is 5.92 Å². The molecular weight excluding hydrogens is 412 g/mol. The van der Waals surface area contributed by atoms with Crippen molar-refractivity contribution in [3.05, 3.63) is 64.2 Å². The first-order chi connectivity index (χ1) is 13.8. The molecule has 0 aromatic heterocycles. The van der Waals surface area contributed by atoms with Crippen LogP contribution in [0.5, 0.6) is 0 Å². The molecule has 3 rings (SSSR count). The molecule has 5 nitrogen and oxygen atoms in total. The van der Waals surface area contributed by atoms with Crippen molar-refractivity contribution in [1.82, 2.24) is 0 Å². The van der Waals surface area contributed by atoms with E-state index in [-0.39, 0.29) is 29.6 Å². The second-order valence-corrected chi connectivity index (χ2v) is 10.1. The van der Waals surface area contributed by atoms with E-state index in [1.165, 1.54) is 19.2 Å². The van der Waals surface area contributed by atoms with Crippen LogP contribution in [0.1, 0.15) is 35.3 Å². The third-order valence-corrected chi connectivity index (χ3v) is 7.90. The molecule has 2 aromatic rings. The molecule has 0 saturated heterocycles. The number of hydrogen-bond donors (Lipinski definition) is 1. The van der Waals surface area contributed by atoms with E-state index in [2.05, 4.69) is 0 Å². The predicted octanol–water partition coefficient (Wildman–Crippen LogP) is 3.56. The van der Waals surface area contributed by atoms with Gasteiger partial charge in [-0.3, -0.25) is 4.79 Å². The number of carbonyl (C=O) groups excluding carboxylic acids is 1. The normalized spacial score (nSPS) is 20.1. The lowest BCUT2D eigenvalue weighted by molar-refractivity contribution is -0.127. The lowest BCUT2D eigenvalue weighted by atomic mass is 9.82. The first-order valence-corrected chi connectivity index (χ1v) is 11.5. The average molecular weight is 437 g/mol. The number of sulfone groups is 1. The van der Waals surface area contributed by atoms with Crippen LogP contribution in [0.2, 0.25) is 5.02 Å². The Labute approximate surface area is 176 Å². The molecule has 1 aliphatic carbocycles. The van der Waals surface area contributed by atoms with Gasteiger partial charge in [0.1, 0.15) is 6.10 Å². The minimum Gasteiger partial charge on any atom is -0.396 e. The minimum absolute atomic E-state index is 0.0641. The van der Waals surface area contributed by atoms with Gasteiger partial charge in [-0.25, -0.2) is 8.42 Å². The number of halogens is 1. The van der Waals surface area contributed by atoms with Gasteiger partial charge in [0.05, 0.1) is 10.1 Å². The van der Waals surface area contributed by atoms with Crippen molar-refractivity contribution in [3.8, 4) is 0 Å². The number of rotatable bonds is 7. The summed E-state index contributed by atoms with van der Waals surface area (Å²) in [5.41, 5.74) is 2.35. The smallest absolute Gasteiger partial charge is 0.185 e. The molecule has 3 atom stereocenters. The lowest BCUT2D eigenvalue weighted by Crippen LogP contribution is -2.27. The Morgan fingerprint density at radius 1 is 1.28 bits per heavy atom. The zero-order valence-electron chi connectivity index (χ0n) is 16.5. The van der Waals surface area contributed by atoms with Gasteiger partial charge >= 0.3 is 0 Å². The highest BCUT2D eigenvalue weighted by molar-refractivity contribution is 7.91. The van der Waals surface area contributed by atoms with Crippen LogP contribution in [0.15, 0.2) is 47.4 Å². The van der Waals surface area contributed by atoms with Crippen LogP contribution in [-0.2, 0) is 32.2 Å². The minimum atomic E-state index is -3.71. The highest BCUT2D eigenvalue weighted by Crippen LogP contribution is 2.42. The Morgan fingerprint density at radius 2 is 2.03 bits per heavy atom. The topological polar surface area (TPSA) is 80.7 Å². The van der Waals surface area contributed by atoms with Crippen LogP contribution in [0.25, 0.3) is 0 Å². The van der Waals surface area contributed by atoms with Gasteiger partial charge in [0.25, 0.3) is 0 Å². The molecule has 0 spiro atoms. The third-order valence-electron chi connectivity index (χ3n) is 5.56. The van der Waals surface area contributed by atoms with E-state index in [1.807, 2.05) is 18.2 Å². The number of Topliss-reactive ketones (excluding diaryl/α,β-unsaturated/α-hetero) is 1. The number of ketones is 1. The van der Waals surface area contributed by atoms with Gasteiger partial charge in [0, 0.05) is 25.2 Å². The van der Waals surface area contributed by atoms with E-state index in [0.717, 1.165) is 11.1 Å². The van der Waals surface area contributed by atoms with Crippen molar-refractivity contribution < 1.29 is 23.1 Å². The highest BCUT2D eigenvalue weighted by Gasteiger charge is 2.37. The average Bonchev–Trinajstić information content (AvgIpc) is 2.72. The fourth-order valence-electron chi connectivity index (χ4n) is 3.78. The van der Waals surface area contributed by atoms with Crippen LogP contribution in [0.4, 0.5) is 0 Å². The summed E-state index contributed by atoms with van der Waals surface area (Å²) in [4.78, 5) is 12.4. The van der Waals surface area contributed by atoms with E-state index in [9.17, 15) is 18.3 Å². The van der Waals surface area contributed by atoms with Gasteiger partial charge < -0.3 is 9.84 Å². The van der Waals surface area contributed by atoms with Crippen LogP contribution in [-0.4, -0.2) is 39.1 Å². The molecule has 156 valence electrons. The number of ether oxygens (including phenoxy) is 1. The molecule has 0 heterocycles. The van der Waals surface area contributed by atoms with Gasteiger partial charge in [-0.2, -0.15) is 0 Å². The third kappa shape index (κ3) is 4.72. The Bertz CT molecular complexity index is 1000. The molecule has 7 heteroatoms. The molecule has 1 unspecified atom stereocenters.